The summed E-state index contributed by atoms with van der Waals surface area (Å²) in [5, 5.41) is 8.85. The molecule has 0 aliphatic heterocycles. The lowest BCUT2D eigenvalue weighted by molar-refractivity contribution is 0.296. The van der Waals surface area contributed by atoms with Crippen LogP contribution < -0.4 is 4.74 Å². The van der Waals surface area contributed by atoms with E-state index in [2.05, 4.69) is 9.97 Å². The minimum absolute atomic E-state index is 0.0616. The lowest BCUT2D eigenvalue weighted by atomic mass is 10.1. The van der Waals surface area contributed by atoms with Crippen LogP contribution >= 0.6 is 0 Å². The van der Waals surface area contributed by atoms with Crippen molar-refractivity contribution in [1.82, 2.24) is 9.97 Å². The molecule has 88 valence electrons. The number of rotatable bonds is 4. The van der Waals surface area contributed by atoms with Gasteiger partial charge in [-0.25, -0.2) is 9.97 Å². The highest BCUT2D eigenvalue weighted by molar-refractivity contribution is 5.59. The quantitative estimate of drug-likeness (QED) is 0.868. The van der Waals surface area contributed by atoms with Crippen molar-refractivity contribution in [2.45, 2.75) is 6.42 Å². The second-order valence-corrected chi connectivity index (χ2v) is 3.56. The van der Waals surface area contributed by atoms with Crippen LogP contribution in [0.4, 0.5) is 0 Å². The van der Waals surface area contributed by atoms with Gasteiger partial charge < -0.3 is 9.84 Å². The van der Waals surface area contributed by atoms with E-state index < -0.39 is 0 Å². The Bertz CT molecular complexity index is 483. The van der Waals surface area contributed by atoms with Crippen molar-refractivity contribution in [2.75, 3.05) is 13.7 Å². The average Bonchev–Trinajstić information content (AvgIpc) is 2.40. The molecule has 17 heavy (non-hydrogen) atoms. The topological polar surface area (TPSA) is 55.2 Å². The minimum atomic E-state index is 0.0616. The molecule has 0 radical (unpaired) electrons. The maximum Gasteiger partial charge on any atom is 0.131 e. The summed E-state index contributed by atoms with van der Waals surface area (Å²) in [6.07, 6.45) is 2.18. The number of ether oxygens (including phenoxy) is 1. The third-order valence-electron chi connectivity index (χ3n) is 2.43. The highest BCUT2D eigenvalue weighted by Crippen LogP contribution is 2.20. The zero-order valence-corrected chi connectivity index (χ0v) is 9.63. The van der Waals surface area contributed by atoms with Gasteiger partial charge in [-0.1, -0.05) is 0 Å². The number of aliphatic hydroxyl groups is 1. The van der Waals surface area contributed by atoms with Gasteiger partial charge in [0.2, 0.25) is 0 Å². The lowest BCUT2D eigenvalue weighted by Gasteiger charge is -2.04. The van der Waals surface area contributed by atoms with Crippen LogP contribution in [0.2, 0.25) is 0 Å². The molecule has 0 fully saturated rings. The molecule has 1 heterocycles. The maximum absolute atomic E-state index is 8.85. The molecule has 0 spiro atoms. The standard InChI is InChI=1S/C13H14N2O2/c1-17-11-4-2-10(3-5-11)12-6-8-14-13(15-12)7-9-16/h2-6,8,16H,7,9H2,1H3. The first kappa shape index (κ1) is 11.5. The molecule has 0 aliphatic carbocycles. The first-order valence-electron chi connectivity index (χ1n) is 5.40. The maximum atomic E-state index is 8.85. The fraction of sp³-hybridized carbons (Fsp3) is 0.231. The van der Waals surface area contributed by atoms with E-state index in [0.29, 0.717) is 12.2 Å². The van der Waals surface area contributed by atoms with Gasteiger partial charge in [0.25, 0.3) is 0 Å². The van der Waals surface area contributed by atoms with Gasteiger partial charge in [0.15, 0.2) is 0 Å². The number of aliphatic hydroxyl groups excluding tert-OH is 1. The van der Waals surface area contributed by atoms with Crippen molar-refractivity contribution >= 4 is 0 Å². The summed E-state index contributed by atoms with van der Waals surface area (Å²) in [4.78, 5) is 8.47. The predicted molar refractivity (Wildman–Crippen MR) is 64.8 cm³/mol. The number of methoxy groups -OCH3 is 1. The lowest BCUT2D eigenvalue weighted by Crippen LogP contribution is -1.99. The van der Waals surface area contributed by atoms with E-state index in [4.69, 9.17) is 9.84 Å². The summed E-state index contributed by atoms with van der Waals surface area (Å²) in [6.45, 7) is 0.0616. The Morgan fingerprint density at radius 3 is 2.59 bits per heavy atom. The van der Waals surface area contributed by atoms with Crippen molar-refractivity contribution in [2.24, 2.45) is 0 Å². The van der Waals surface area contributed by atoms with Crippen molar-refractivity contribution < 1.29 is 9.84 Å². The van der Waals surface area contributed by atoms with E-state index in [-0.39, 0.29) is 6.61 Å². The monoisotopic (exact) mass is 230 g/mol. The fourth-order valence-electron chi connectivity index (χ4n) is 1.54. The van der Waals surface area contributed by atoms with E-state index in [1.807, 2.05) is 30.3 Å². The zero-order valence-electron chi connectivity index (χ0n) is 9.63. The second kappa shape index (κ2) is 5.41. The van der Waals surface area contributed by atoms with Crippen LogP contribution in [0.15, 0.2) is 36.5 Å². The Labute approximate surface area is 99.9 Å². The van der Waals surface area contributed by atoms with Crippen LogP contribution in [-0.2, 0) is 6.42 Å². The van der Waals surface area contributed by atoms with Crippen LogP contribution in [0.5, 0.6) is 5.75 Å². The summed E-state index contributed by atoms with van der Waals surface area (Å²) in [7, 11) is 1.64. The first-order valence-corrected chi connectivity index (χ1v) is 5.40. The number of hydrogen-bond donors (Lipinski definition) is 1. The van der Waals surface area contributed by atoms with Crippen molar-refractivity contribution in [3.05, 3.63) is 42.4 Å². The van der Waals surface area contributed by atoms with Crippen molar-refractivity contribution in [3.63, 3.8) is 0 Å². The molecule has 0 saturated carbocycles. The summed E-state index contributed by atoms with van der Waals surface area (Å²) in [5.41, 5.74) is 1.86. The number of hydrogen-bond acceptors (Lipinski definition) is 4. The molecule has 0 bridgehead atoms. The largest absolute Gasteiger partial charge is 0.497 e. The smallest absolute Gasteiger partial charge is 0.131 e. The van der Waals surface area contributed by atoms with Crippen molar-refractivity contribution in [3.8, 4) is 17.0 Å². The van der Waals surface area contributed by atoms with Gasteiger partial charge in [-0.05, 0) is 30.3 Å². The van der Waals surface area contributed by atoms with Gasteiger partial charge in [0.05, 0.1) is 19.4 Å². The Morgan fingerprint density at radius 1 is 1.18 bits per heavy atom. The molecule has 0 unspecified atom stereocenters. The van der Waals surface area contributed by atoms with E-state index in [0.717, 1.165) is 17.0 Å². The summed E-state index contributed by atoms with van der Waals surface area (Å²) in [5.74, 6) is 1.47. The Kier molecular flexibility index (Phi) is 3.67. The van der Waals surface area contributed by atoms with Crippen LogP contribution in [0, 0.1) is 0 Å². The van der Waals surface area contributed by atoms with Crippen LogP contribution in [0.3, 0.4) is 0 Å². The fourth-order valence-corrected chi connectivity index (χ4v) is 1.54. The molecule has 2 aromatic rings. The Balaban J connectivity index is 2.28. The van der Waals surface area contributed by atoms with Crippen LogP contribution in [0.25, 0.3) is 11.3 Å². The molecule has 4 heteroatoms. The van der Waals surface area contributed by atoms with Gasteiger partial charge in [0, 0.05) is 18.2 Å². The van der Waals surface area contributed by atoms with Crippen molar-refractivity contribution in [1.29, 1.82) is 0 Å². The average molecular weight is 230 g/mol. The first-order chi connectivity index (χ1) is 8.33. The number of benzene rings is 1. The molecule has 2 rings (SSSR count). The van der Waals surface area contributed by atoms with Gasteiger partial charge >= 0.3 is 0 Å². The minimum Gasteiger partial charge on any atom is -0.497 e. The van der Waals surface area contributed by atoms with Gasteiger partial charge in [-0.2, -0.15) is 0 Å². The molecule has 0 saturated heterocycles. The van der Waals surface area contributed by atoms with Gasteiger partial charge in [-0.3, -0.25) is 0 Å². The summed E-state index contributed by atoms with van der Waals surface area (Å²) in [6, 6.07) is 9.53. The van der Waals surface area contributed by atoms with E-state index in [1.165, 1.54) is 0 Å². The molecule has 1 aromatic heterocycles. The molecular weight excluding hydrogens is 216 g/mol. The van der Waals surface area contributed by atoms with Gasteiger partial charge in [0.1, 0.15) is 11.6 Å². The van der Waals surface area contributed by atoms with Crippen LogP contribution in [0.1, 0.15) is 5.82 Å². The van der Waals surface area contributed by atoms with Gasteiger partial charge in [-0.15, -0.1) is 0 Å². The number of nitrogens with zero attached hydrogens (tertiary/aromatic N) is 2. The molecule has 1 N–H and O–H groups in total. The summed E-state index contributed by atoms with van der Waals surface area (Å²) < 4.78 is 5.10. The number of aromatic nitrogens is 2. The molecule has 0 atom stereocenters. The third kappa shape index (κ3) is 2.79. The third-order valence-corrected chi connectivity index (χ3v) is 2.43. The highest BCUT2D eigenvalue weighted by atomic mass is 16.5. The van der Waals surface area contributed by atoms with Crippen LogP contribution in [-0.4, -0.2) is 28.8 Å². The normalized spacial score (nSPS) is 10.2. The SMILES string of the molecule is COc1ccc(-c2ccnc(CCO)n2)cc1. The molecule has 0 aliphatic rings. The zero-order chi connectivity index (χ0) is 12.1. The second-order valence-electron chi connectivity index (χ2n) is 3.56. The molecule has 4 nitrogen and oxygen atoms in total. The predicted octanol–water partition coefficient (Wildman–Crippen LogP) is 1.69. The molecule has 0 amide bonds. The highest BCUT2D eigenvalue weighted by Gasteiger charge is 2.02. The summed E-state index contributed by atoms with van der Waals surface area (Å²) >= 11 is 0. The Hall–Kier alpha value is -1.94. The van der Waals surface area contributed by atoms with E-state index in [9.17, 15) is 0 Å². The van der Waals surface area contributed by atoms with E-state index >= 15 is 0 Å². The molecule has 1 aromatic carbocycles. The van der Waals surface area contributed by atoms with E-state index in [1.54, 1.807) is 13.3 Å². The molecular formula is C13H14N2O2. The Morgan fingerprint density at radius 2 is 1.94 bits per heavy atom.